The van der Waals surface area contributed by atoms with E-state index in [0.29, 0.717) is 11.3 Å². The maximum atomic E-state index is 11.2. The Hall–Kier alpha value is -1.51. The molecule has 3 heteroatoms. The van der Waals surface area contributed by atoms with Gasteiger partial charge in [0.1, 0.15) is 6.29 Å². The number of hydrogen-bond acceptors (Lipinski definition) is 3. The molecule has 0 spiro atoms. The number of rotatable bonds is 4. The molecule has 0 heterocycles. The molecule has 1 saturated carbocycles. The summed E-state index contributed by atoms with van der Waals surface area (Å²) in [4.78, 5) is 11.2. The van der Waals surface area contributed by atoms with Gasteiger partial charge in [0.2, 0.25) is 0 Å². The smallest absolute Gasteiger partial charge is 0.164 e. The van der Waals surface area contributed by atoms with E-state index in [-0.39, 0.29) is 10.8 Å². The lowest BCUT2D eigenvalue weighted by Crippen LogP contribution is -2.34. The van der Waals surface area contributed by atoms with Crippen molar-refractivity contribution in [3.8, 4) is 11.5 Å². The van der Waals surface area contributed by atoms with Crippen LogP contribution in [0.5, 0.6) is 11.5 Å². The minimum Gasteiger partial charge on any atom is -0.493 e. The standard InChI is InChI=1S/C17H24O3/c1-16(2)7-6-8-17(16,3)13-9-12(11-18)10-14(19-4)15(13)20-5/h9-11H,6-8H2,1-5H3/t17-/m1/s1. The van der Waals surface area contributed by atoms with Crippen LogP contribution in [0.15, 0.2) is 12.1 Å². The SMILES string of the molecule is COc1cc(C=O)cc([C@@]2(C)CCCC2(C)C)c1OC. The molecule has 1 aliphatic carbocycles. The fraction of sp³-hybridized carbons (Fsp3) is 0.588. The van der Waals surface area contributed by atoms with Gasteiger partial charge < -0.3 is 9.47 Å². The zero-order valence-electron chi connectivity index (χ0n) is 13.1. The average Bonchev–Trinajstić information content (AvgIpc) is 2.71. The van der Waals surface area contributed by atoms with Crippen molar-refractivity contribution in [2.75, 3.05) is 14.2 Å². The number of carbonyl (C=O) groups is 1. The van der Waals surface area contributed by atoms with Crippen LogP contribution in [0, 0.1) is 5.41 Å². The molecule has 0 aliphatic heterocycles. The molecule has 0 N–H and O–H groups in total. The zero-order chi connectivity index (χ0) is 15.0. The van der Waals surface area contributed by atoms with Crippen LogP contribution in [-0.2, 0) is 5.41 Å². The predicted molar refractivity (Wildman–Crippen MR) is 79.9 cm³/mol. The number of hydrogen-bond donors (Lipinski definition) is 0. The van der Waals surface area contributed by atoms with Crippen LogP contribution < -0.4 is 9.47 Å². The Kier molecular flexibility index (Phi) is 3.81. The molecule has 110 valence electrons. The first-order valence-corrected chi connectivity index (χ1v) is 7.11. The van der Waals surface area contributed by atoms with Gasteiger partial charge in [0.05, 0.1) is 14.2 Å². The largest absolute Gasteiger partial charge is 0.493 e. The molecule has 1 aromatic carbocycles. The van der Waals surface area contributed by atoms with Crippen LogP contribution in [0.2, 0.25) is 0 Å². The quantitative estimate of drug-likeness (QED) is 0.780. The molecule has 0 radical (unpaired) electrons. The fourth-order valence-electron chi connectivity index (χ4n) is 3.46. The molecule has 3 nitrogen and oxygen atoms in total. The molecular formula is C17H24O3. The fourth-order valence-corrected chi connectivity index (χ4v) is 3.46. The Balaban J connectivity index is 2.69. The van der Waals surface area contributed by atoms with Crippen LogP contribution in [-0.4, -0.2) is 20.5 Å². The van der Waals surface area contributed by atoms with Crippen LogP contribution in [0.1, 0.15) is 56.0 Å². The van der Waals surface area contributed by atoms with Crippen molar-refractivity contribution in [3.05, 3.63) is 23.3 Å². The first kappa shape index (κ1) is 14.9. The lowest BCUT2D eigenvalue weighted by molar-refractivity contribution is 0.112. The lowest BCUT2D eigenvalue weighted by Gasteiger charge is -2.40. The number of ether oxygens (including phenoxy) is 2. The number of methoxy groups -OCH3 is 2. The van der Waals surface area contributed by atoms with Crippen molar-refractivity contribution < 1.29 is 14.3 Å². The van der Waals surface area contributed by atoms with Gasteiger partial charge in [-0.05, 0) is 30.4 Å². The second-order valence-corrected chi connectivity index (χ2v) is 6.49. The highest BCUT2D eigenvalue weighted by atomic mass is 16.5. The van der Waals surface area contributed by atoms with E-state index in [1.54, 1.807) is 20.3 Å². The molecular weight excluding hydrogens is 252 g/mol. The van der Waals surface area contributed by atoms with Crippen LogP contribution >= 0.6 is 0 Å². The van der Waals surface area contributed by atoms with Gasteiger partial charge >= 0.3 is 0 Å². The highest BCUT2D eigenvalue weighted by Gasteiger charge is 2.48. The van der Waals surface area contributed by atoms with Gasteiger partial charge in [-0.3, -0.25) is 4.79 Å². The normalized spacial score (nSPS) is 24.4. The molecule has 20 heavy (non-hydrogen) atoms. The van der Waals surface area contributed by atoms with Crippen molar-refractivity contribution in [2.24, 2.45) is 5.41 Å². The third-order valence-electron chi connectivity index (χ3n) is 5.20. The number of carbonyl (C=O) groups excluding carboxylic acids is 1. The molecule has 0 unspecified atom stereocenters. The van der Waals surface area contributed by atoms with E-state index in [1.165, 1.54) is 12.8 Å². The van der Waals surface area contributed by atoms with Gasteiger partial charge in [0.25, 0.3) is 0 Å². The van der Waals surface area contributed by atoms with Crippen molar-refractivity contribution in [2.45, 2.75) is 45.4 Å². The zero-order valence-corrected chi connectivity index (χ0v) is 13.1. The topological polar surface area (TPSA) is 35.5 Å². The van der Waals surface area contributed by atoms with Gasteiger partial charge in [-0.2, -0.15) is 0 Å². The molecule has 2 rings (SSSR count). The van der Waals surface area contributed by atoms with Gasteiger partial charge in [-0.15, -0.1) is 0 Å². The molecule has 0 saturated heterocycles. The maximum absolute atomic E-state index is 11.2. The summed E-state index contributed by atoms with van der Waals surface area (Å²) in [5.74, 6) is 1.40. The Morgan fingerprint density at radius 3 is 2.25 bits per heavy atom. The van der Waals surface area contributed by atoms with E-state index >= 15 is 0 Å². The predicted octanol–water partition coefficient (Wildman–Crippen LogP) is 3.98. The van der Waals surface area contributed by atoms with Crippen LogP contribution in [0.25, 0.3) is 0 Å². The maximum Gasteiger partial charge on any atom is 0.164 e. The van der Waals surface area contributed by atoms with E-state index in [9.17, 15) is 4.79 Å². The van der Waals surface area contributed by atoms with Crippen LogP contribution in [0.3, 0.4) is 0 Å². The van der Waals surface area contributed by atoms with Gasteiger partial charge in [0, 0.05) is 16.5 Å². The molecule has 1 fully saturated rings. The van der Waals surface area contributed by atoms with Crippen molar-refractivity contribution in [3.63, 3.8) is 0 Å². The summed E-state index contributed by atoms with van der Waals surface area (Å²) in [6.45, 7) is 6.85. The third-order valence-corrected chi connectivity index (χ3v) is 5.20. The van der Waals surface area contributed by atoms with E-state index in [0.717, 1.165) is 24.0 Å². The van der Waals surface area contributed by atoms with Crippen LogP contribution in [0.4, 0.5) is 0 Å². The Morgan fingerprint density at radius 1 is 1.10 bits per heavy atom. The van der Waals surface area contributed by atoms with Gasteiger partial charge in [0.15, 0.2) is 11.5 Å². The summed E-state index contributed by atoms with van der Waals surface area (Å²) in [7, 11) is 3.27. The van der Waals surface area contributed by atoms with Gasteiger partial charge in [-0.25, -0.2) is 0 Å². The average molecular weight is 276 g/mol. The Labute approximate surface area is 121 Å². The van der Waals surface area contributed by atoms with E-state index in [4.69, 9.17) is 9.47 Å². The lowest BCUT2D eigenvalue weighted by atomic mass is 9.65. The highest BCUT2D eigenvalue weighted by Crippen LogP contribution is 2.57. The van der Waals surface area contributed by atoms with Crippen molar-refractivity contribution in [1.82, 2.24) is 0 Å². The number of benzene rings is 1. The highest BCUT2D eigenvalue weighted by molar-refractivity contribution is 5.78. The third kappa shape index (κ3) is 2.09. The second-order valence-electron chi connectivity index (χ2n) is 6.49. The minimum atomic E-state index is -0.00928. The second kappa shape index (κ2) is 5.12. The summed E-state index contributed by atoms with van der Waals surface area (Å²) >= 11 is 0. The van der Waals surface area contributed by atoms with Crippen molar-refractivity contribution >= 4 is 6.29 Å². The summed E-state index contributed by atoms with van der Waals surface area (Å²) in [5.41, 5.74) is 1.89. The van der Waals surface area contributed by atoms with E-state index < -0.39 is 0 Å². The Morgan fingerprint density at radius 2 is 1.80 bits per heavy atom. The van der Waals surface area contributed by atoms with E-state index in [2.05, 4.69) is 20.8 Å². The monoisotopic (exact) mass is 276 g/mol. The molecule has 0 aromatic heterocycles. The summed E-state index contributed by atoms with van der Waals surface area (Å²) in [5, 5.41) is 0. The molecule has 1 aromatic rings. The molecule has 0 amide bonds. The first-order valence-electron chi connectivity index (χ1n) is 7.11. The van der Waals surface area contributed by atoms with Gasteiger partial charge in [-0.1, -0.05) is 27.2 Å². The molecule has 1 atom stereocenters. The number of aldehydes is 1. The summed E-state index contributed by atoms with van der Waals surface area (Å²) in [6, 6.07) is 3.70. The van der Waals surface area contributed by atoms with E-state index in [1.807, 2.05) is 6.07 Å². The minimum absolute atomic E-state index is 0.00928. The molecule has 0 bridgehead atoms. The molecule has 1 aliphatic rings. The summed E-state index contributed by atoms with van der Waals surface area (Å²) < 4.78 is 11.0. The van der Waals surface area contributed by atoms with Crippen molar-refractivity contribution in [1.29, 1.82) is 0 Å². The Bertz CT molecular complexity index is 519. The first-order chi connectivity index (χ1) is 9.39. The summed E-state index contributed by atoms with van der Waals surface area (Å²) in [6.07, 6.45) is 4.35.